The van der Waals surface area contributed by atoms with Gasteiger partial charge in [-0.25, -0.2) is 0 Å². The number of ether oxygens (including phenoxy) is 3. The second-order valence-electron chi connectivity index (χ2n) is 22.8. The molecule has 87 heavy (non-hydrogen) atoms. The summed E-state index contributed by atoms with van der Waals surface area (Å²) in [4.78, 5) is 150. The smallest absolute Gasteiger partial charge is 0.306 e. The van der Waals surface area contributed by atoms with Crippen LogP contribution in [0.25, 0.3) is 0 Å². The summed E-state index contributed by atoms with van der Waals surface area (Å²) in [5.41, 5.74) is 5.30. The highest BCUT2D eigenvalue weighted by molar-refractivity contribution is 5.96. The first-order chi connectivity index (χ1) is 41.7. The zero-order valence-corrected chi connectivity index (χ0v) is 52.5. The Kier molecular flexibility index (Phi) is 49.9. The molecule has 0 aromatic carbocycles. The second kappa shape index (κ2) is 53.8. The van der Waals surface area contributed by atoms with Gasteiger partial charge in [-0.3, -0.25) is 57.5 Å². The van der Waals surface area contributed by atoms with Crippen molar-refractivity contribution >= 4 is 71.3 Å². The summed E-state index contributed by atoms with van der Waals surface area (Å²) in [6.45, 7) is 3.56. The van der Waals surface area contributed by atoms with Gasteiger partial charge in [0, 0.05) is 44.9 Å². The Balaban J connectivity index is 5.71. The number of esters is 3. The van der Waals surface area contributed by atoms with Crippen LogP contribution in [0.4, 0.5) is 0 Å². The van der Waals surface area contributed by atoms with E-state index in [2.05, 4.69) is 35.1 Å². The standard InChI is InChI=1S/C63H109N5O19/c1-3-5-7-9-11-13-15-17-19-21-23-25-27-29-31-33-57(78)85-45-47(46-86-58(79)34-32-30-28-26-24-22-20-18-16-14-12-10-8-6-4-2)87-59(80)44-39-52(69)65-49(36-41-54(72)73)61(82)67-51(38-43-56(76)77)63(84)68-50(37-42-55(74)75)62(83)66-48(60(64)81)35-40-53(70)71/h47-51H,3-46H2,1-2H3,(H2,64,81)(H,65,69)(H,66,83)(H,67,82)(H,68,84)(H,70,71)(H,72,73)(H,74,75)(H,76,77). The summed E-state index contributed by atoms with van der Waals surface area (Å²) in [5.74, 6) is -13.3. The lowest BCUT2D eigenvalue weighted by Gasteiger charge is -2.26. The van der Waals surface area contributed by atoms with Gasteiger partial charge in [-0.15, -0.1) is 0 Å². The minimum absolute atomic E-state index is 0.126. The van der Waals surface area contributed by atoms with Crippen LogP contribution in [-0.4, -0.2) is 135 Å². The van der Waals surface area contributed by atoms with E-state index in [1.165, 1.54) is 128 Å². The zero-order chi connectivity index (χ0) is 64.9. The number of nitrogens with one attached hydrogen (secondary N) is 4. The Morgan fingerprint density at radius 2 is 0.586 bits per heavy atom. The molecular formula is C63H109N5O19. The van der Waals surface area contributed by atoms with Crippen LogP contribution in [0.1, 0.15) is 284 Å². The van der Waals surface area contributed by atoms with Gasteiger partial charge in [0.15, 0.2) is 6.10 Å². The number of primary amides is 1. The van der Waals surface area contributed by atoms with Crippen molar-refractivity contribution in [1.82, 2.24) is 21.3 Å². The molecule has 24 nitrogen and oxygen atoms in total. The summed E-state index contributed by atoms with van der Waals surface area (Å²) in [7, 11) is 0. The van der Waals surface area contributed by atoms with E-state index in [-0.39, 0.29) is 12.8 Å². The number of hydrogen-bond acceptors (Lipinski definition) is 15. The summed E-state index contributed by atoms with van der Waals surface area (Å²) < 4.78 is 16.4. The average Bonchev–Trinajstić information content (AvgIpc) is 3.68. The molecule has 0 aliphatic carbocycles. The molecule has 0 aromatic rings. The van der Waals surface area contributed by atoms with E-state index in [4.69, 9.17) is 25.1 Å². The summed E-state index contributed by atoms with van der Waals surface area (Å²) in [6, 6.07) is -6.83. The minimum atomic E-state index is -1.81. The van der Waals surface area contributed by atoms with Crippen molar-refractivity contribution < 1.29 is 92.2 Å². The van der Waals surface area contributed by atoms with Crippen molar-refractivity contribution in [3.63, 3.8) is 0 Å². The lowest BCUT2D eigenvalue weighted by molar-refractivity contribution is -0.167. The number of unbranched alkanes of at least 4 members (excludes halogenated alkanes) is 28. The second-order valence-corrected chi connectivity index (χ2v) is 22.8. The zero-order valence-electron chi connectivity index (χ0n) is 52.5. The molecule has 0 spiro atoms. The third-order valence-electron chi connectivity index (χ3n) is 14.8. The normalized spacial score (nSPS) is 12.4. The highest BCUT2D eigenvalue weighted by atomic mass is 16.6. The maximum atomic E-state index is 13.7. The van der Waals surface area contributed by atoms with E-state index in [9.17, 15) is 72.9 Å². The number of aliphatic carboxylic acids is 4. The molecular weight excluding hydrogens is 1130 g/mol. The molecule has 5 amide bonds. The minimum Gasteiger partial charge on any atom is -0.481 e. The molecule has 10 N–H and O–H groups in total. The first-order valence-electron chi connectivity index (χ1n) is 32.6. The van der Waals surface area contributed by atoms with Crippen molar-refractivity contribution in [1.29, 1.82) is 0 Å². The predicted molar refractivity (Wildman–Crippen MR) is 325 cm³/mol. The third kappa shape index (κ3) is 49.3. The van der Waals surface area contributed by atoms with Gasteiger partial charge in [-0.2, -0.15) is 0 Å². The molecule has 0 saturated heterocycles. The topological polar surface area (TPSA) is 388 Å². The molecule has 0 aliphatic rings. The molecule has 0 heterocycles. The fourth-order valence-electron chi connectivity index (χ4n) is 9.62. The van der Waals surface area contributed by atoms with Crippen LogP contribution in [0.15, 0.2) is 0 Å². The van der Waals surface area contributed by atoms with Crippen LogP contribution in [0.5, 0.6) is 0 Å². The molecule has 0 radical (unpaired) electrons. The van der Waals surface area contributed by atoms with Gasteiger partial charge in [0.25, 0.3) is 0 Å². The maximum Gasteiger partial charge on any atom is 0.306 e. The van der Waals surface area contributed by atoms with E-state index in [1.54, 1.807) is 0 Å². The number of hydrogen-bond donors (Lipinski definition) is 9. The third-order valence-corrected chi connectivity index (χ3v) is 14.8. The largest absolute Gasteiger partial charge is 0.481 e. The van der Waals surface area contributed by atoms with Crippen molar-refractivity contribution in [2.24, 2.45) is 5.73 Å². The molecule has 4 unspecified atom stereocenters. The van der Waals surface area contributed by atoms with E-state index in [0.717, 1.165) is 51.4 Å². The van der Waals surface area contributed by atoms with Crippen LogP contribution >= 0.6 is 0 Å². The molecule has 500 valence electrons. The van der Waals surface area contributed by atoms with Crippen LogP contribution in [0, 0.1) is 0 Å². The fraction of sp³-hybridized carbons (Fsp3) is 0.810. The quantitative estimate of drug-likeness (QED) is 0.0156. The van der Waals surface area contributed by atoms with Crippen LogP contribution in [-0.2, 0) is 71.7 Å². The highest BCUT2D eigenvalue weighted by Crippen LogP contribution is 2.17. The van der Waals surface area contributed by atoms with E-state index >= 15 is 0 Å². The molecule has 4 atom stereocenters. The fourth-order valence-corrected chi connectivity index (χ4v) is 9.62. The lowest BCUT2D eigenvalue weighted by atomic mass is 10.0. The number of carboxylic acids is 4. The number of amides is 5. The molecule has 0 aromatic heterocycles. The van der Waals surface area contributed by atoms with Crippen molar-refractivity contribution in [3.05, 3.63) is 0 Å². The van der Waals surface area contributed by atoms with E-state index in [0.29, 0.717) is 12.8 Å². The number of carboxylic acid groups (broad SMARTS) is 4. The SMILES string of the molecule is CCCCCCCCCCCCCCCCCC(=O)OCC(COC(=O)CCCCCCCCCCCCCCCCC)OC(=O)CCC(=O)NC(CCC(=O)O)C(=O)NC(CCC(=O)O)C(=O)NC(CCC(=O)O)C(=O)NC(CCC(=O)O)C(N)=O. The first-order valence-corrected chi connectivity index (χ1v) is 32.6. The Hall–Kier alpha value is -6.36. The molecule has 0 bridgehead atoms. The van der Waals surface area contributed by atoms with Gasteiger partial charge >= 0.3 is 41.8 Å². The number of carbonyl (C=O) groups excluding carboxylic acids is 8. The molecule has 0 aliphatic heterocycles. The monoisotopic (exact) mass is 1240 g/mol. The first kappa shape index (κ1) is 80.6. The van der Waals surface area contributed by atoms with Crippen LogP contribution in [0.3, 0.4) is 0 Å². The van der Waals surface area contributed by atoms with Gasteiger partial charge < -0.3 is 61.6 Å². The molecule has 0 saturated carbocycles. The van der Waals surface area contributed by atoms with Gasteiger partial charge in [-0.1, -0.05) is 194 Å². The summed E-state index contributed by atoms with van der Waals surface area (Å²) in [5, 5.41) is 46.1. The van der Waals surface area contributed by atoms with Gasteiger partial charge in [0.05, 0.1) is 6.42 Å². The summed E-state index contributed by atoms with van der Waals surface area (Å²) in [6.07, 6.45) is 27.5. The van der Waals surface area contributed by atoms with Crippen LogP contribution in [0.2, 0.25) is 0 Å². The molecule has 24 heteroatoms. The van der Waals surface area contributed by atoms with Crippen LogP contribution < -0.4 is 27.0 Å². The number of nitrogens with two attached hydrogens (primary N) is 1. The van der Waals surface area contributed by atoms with Crippen molar-refractivity contribution in [2.45, 2.75) is 314 Å². The number of carbonyl (C=O) groups is 12. The maximum absolute atomic E-state index is 13.7. The highest BCUT2D eigenvalue weighted by Gasteiger charge is 2.32. The molecule has 0 fully saturated rings. The predicted octanol–water partition coefficient (Wildman–Crippen LogP) is 9.17. The van der Waals surface area contributed by atoms with Gasteiger partial charge in [0.2, 0.25) is 29.5 Å². The Bertz CT molecular complexity index is 1960. The van der Waals surface area contributed by atoms with Gasteiger partial charge in [0.1, 0.15) is 37.4 Å². The molecule has 0 rings (SSSR count). The summed E-state index contributed by atoms with van der Waals surface area (Å²) >= 11 is 0. The van der Waals surface area contributed by atoms with E-state index < -0.39 is 179 Å². The Labute approximate surface area is 515 Å². The van der Waals surface area contributed by atoms with Crippen molar-refractivity contribution in [2.75, 3.05) is 13.2 Å². The van der Waals surface area contributed by atoms with Crippen molar-refractivity contribution in [3.8, 4) is 0 Å². The Morgan fingerprint density at radius 1 is 0.322 bits per heavy atom. The lowest BCUT2D eigenvalue weighted by Crippen LogP contribution is -2.58. The number of rotatable bonds is 60. The van der Waals surface area contributed by atoms with Gasteiger partial charge in [-0.05, 0) is 38.5 Å². The average molecular weight is 1240 g/mol. The van der Waals surface area contributed by atoms with E-state index in [1.807, 2.05) is 0 Å². The Morgan fingerprint density at radius 3 is 0.874 bits per heavy atom.